The molecule has 4 saturated carbocycles. The van der Waals surface area contributed by atoms with Crippen LogP contribution in [-0.4, -0.2) is 11.4 Å². The molecule has 3 nitrogen and oxygen atoms in total. The molecule has 4 aliphatic carbocycles. The highest BCUT2D eigenvalue weighted by Gasteiger charge is 2.51. The number of benzene rings is 1. The fourth-order valence-corrected chi connectivity index (χ4v) is 5.41. The first-order chi connectivity index (χ1) is 10.1. The van der Waals surface area contributed by atoms with Gasteiger partial charge in [0.2, 0.25) is 5.91 Å². The minimum atomic E-state index is -0.542. The van der Waals surface area contributed by atoms with Gasteiger partial charge in [0.15, 0.2) is 0 Å². The van der Waals surface area contributed by atoms with Crippen LogP contribution >= 0.6 is 0 Å². The van der Waals surface area contributed by atoms with Gasteiger partial charge in [-0.1, -0.05) is 30.3 Å². The van der Waals surface area contributed by atoms with Crippen molar-refractivity contribution in [3.05, 3.63) is 35.9 Å². The molecule has 0 heterocycles. The Kier molecular flexibility index (Phi) is 3.07. The largest absolute Gasteiger partial charge is 0.349 e. The van der Waals surface area contributed by atoms with Gasteiger partial charge in [-0.25, -0.2) is 0 Å². The zero-order valence-corrected chi connectivity index (χ0v) is 12.4. The third kappa shape index (κ3) is 2.38. The zero-order chi connectivity index (χ0) is 14.4. The Morgan fingerprint density at radius 2 is 1.57 bits per heavy atom. The zero-order valence-electron chi connectivity index (χ0n) is 12.4. The van der Waals surface area contributed by atoms with E-state index >= 15 is 0 Å². The maximum Gasteiger partial charge on any atom is 0.241 e. The second kappa shape index (κ2) is 4.84. The van der Waals surface area contributed by atoms with E-state index in [4.69, 9.17) is 5.73 Å². The maximum absolute atomic E-state index is 12.6. The standard InChI is InChI=1S/C18H24N2O/c19-16(15-4-2-1-3-5-15)17(21)20-18-9-12-6-13(10-18)8-14(7-12)11-18/h1-5,12-14,16H,6-11,19H2,(H,20,21)/t12?,13?,14?,16-,18?/m1/s1. The lowest BCUT2D eigenvalue weighted by Gasteiger charge is -2.57. The lowest BCUT2D eigenvalue weighted by atomic mass is 9.53. The fraction of sp³-hybridized carbons (Fsp3) is 0.611. The van der Waals surface area contributed by atoms with Crippen LogP contribution in [0.2, 0.25) is 0 Å². The molecular formula is C18H24N2O. The second-order valence-corrected chi connectivity index (χ2v) is 7.58. The third-order valence-corrected chi connectivity index (χ3v) is 5.87. The molecular weight excluding hydrogens is 260 g/mol. The molecule has 0 unspecified atom stereocenters. The molecule has 0 radical (unpaired) electrons. The number of carbonyl (C=O) groups excluding carboxylic acids is 1. The van der Waals surface area contributed by atoms with Crippen molar-refractivity contribution in [1.29, 1.82) is 0 Å². The Morgan fingerprint density at radius 3 is 2.10 bits per heavy atom. The number of rotatable bonds is 3. The van der Waals surface area contributed by atoms with E-state index in [1.807, 2.05) is 30.3 Å². The summed E-state index contributed by atoms with van der Waals surface area (Å²) in [5.41, 5.74) is 7.11. The number of hydrogen-bond acceptors (Lipinski definition) is 2. The van der Waals surface area contributed by atoms with Gasteiger partial charge >= 0.3 is 0 Å². The van der Waals surface area contributed by atoms with Gasteiger partial charge in [-0.2, -0.15) is 0 Å². The van der Waals surface area contributed by atoms with E-state index < -0.39 is 6.04 Å². The monoisotopic (exact) mass is 284 g/mol. The molecule has 3 heteroatoms. The molecule has 5 rings (SSSR count). The van der Waals surface area contributed by atoms with Crippen molar-refractivity contribution in [3.63, 3.8) is 0 Å². The molecule has 1 aromatic rings. The predicted molar refractivity (Wildman–Crippen MR) is 82.4 cm³/mol. The van der Waals surface area contributed by atoms with Gasteiger partial charge in [0, 0.05) is 5.54 Å². The fourth-order valence-electron chi connectivity index (χ4n) is 5.41. The smallest absolute Gasteiger partial charge is 0.241 e. The van der Waals surface area contributed by atoms with Crippen molar-refractivity contribution in [3.8, 4) is 0 Å². The van der Waals surface area contributed by atoms with Crippen LogP contribution in [0.25, 0.3) is 0 Å². The lowest BCUT2D eigenvalue weighted by molar-refractivity contribution is -0.128. The minimum absolute atomic E-state index is 0.00292. The summed E-state index contributed by atoms with van der Waals surface area (Å²) in [6.07, 6.45) is 7.68. The highest BCUT2D eigenvalue weighted by atomic mass is 16.2. The average molecular weight is 284 g/mol. The summed E-state index contributed by atoms with van der Waals surface area (Å²) in [6.45, 7) is 0. The van der Waals surface area contributed by atoms with Crippen molar-refractivity contribution >= 4 is 5.91 Å². The number of nitrogens with one attached hydrogen (secondary N) is 1. The average Bonchev–Trinajstić information content (AvgIpc) is 2.45. The van der Waals surface area contributed by atoms with Crippen molar-refractivity contribution in [2.75, 3.05) is 0 Å². The topological polar surface area (TPSA) is 55.1 Å². The molecule has 1 atom stereocenters. The molecule has 4 aliphatic rings. The molecule has 0 saturated heterocycles. The highest BCUT2D eigenvalue weighted by molar-refractivity contribution is 5.83. The van der Waals surface area contributed by atoms with Crippen LogP contribution in [-0.2, 0) is 4.79 Å². The maximum atomic E-state index is 12.6. The van der Waals surface area contributed by atoms with E-state index in [2.05, 4.69) is 5.32 Å². The van der Waals surface area contributed by atoms with E-state index in [1.165, 1.54) is 38.5 Å². The molecule has 0 spiro atoms. The second-order valence-electron chi connectivity index (χ2n) is 7.58. The summed E-state index contributed by atoms with van der Waals surface area (Å²) in [5.74, 6) is 2.52. The summed E-state index contributed by atoms with van der Waals surface area (Å²) in [5, 5.41) is 3.36. The van der Waals surface area contributed by atoms with Crippen LogP contribution in [0.3, 0.4) is 0 Å². The highest BCUT2D eigenvalue weighted by Crippen LogP contribution is 2.55. The summed E-state index contributed by atoms with van der Waals surface area (Å²) >= 11 is 0. The van der Waals surface area contributed by atoms with Gasteiger partial charge < -0.3 is 11.1 Å². The summed E-state index contributed by atoms with van der Waals surface area (Å²) in [7, 11) is 0. The quantitative estimate of drug-likeness (QED) is 0.896. The van der Waals surface area contributed by atoms with E-state index in [1.54, 1.807) is 0 Å². The first-order valence-electron chi connectivity index (χ1n) is 8.26. The Hall–Kier alpha value is -1.35. The summed E-state index contributed by atoms with van der Waals surface area (Å²) in [4.78, 5) is 12.6. The molecule has 4 fully saturated rings. The number of amides is 1. The van der Waals surface area contributed by atoms with Crippen LogP contribution in [0.15, 0.2) is 30.3 Å². The minimum Gasteiger partial charge on any atom is -0.349 e. The van der Waals surface area contributed by atoms with Gasteiger partial charge in [-0.15, -0.1) is 0 Å². The molecule has 112 valence electrons. The normalized spacial score (nSPS) is 38.2. The van der Waals surface area contributed by atoms with E-state index in [0.717, 1.165) is 23.3 Å². The van der Waals surface area contributed by atoms with Crippen LogP contribution in [0.1, 0.15) is 50.1 Å². The molecule has 1 amide bonds. The number of carbonyl (C=O) groups is 1. The van der Waals surface area contributed by atoms with Crippen LogP contribution in [0.4, 0.5) is 0 Å². The van der Waals surface area contributed by atoms with Crippen molar-refractivity contribution in [1.82, 2.24) is 5.32 Å². The van der Waals surface area contributed by atoms with Crippen LogP contribution in [0, 0.1) is 17.8 Å². The molecule has 0 aromatic heterocycles. The summed E-state index contributed by atoms with van der Waals surface area (Å²) in [6, 6.07) is 9.15. The Labute approximate surface area is 126 Å². The lowest BCUT2D eigenvalue weighted by Crippen LogP contribution is -2.61. The SMILES string of the molecule is N[C@@H](C(=O)NC12CC3CC(CC(C3)C1)C2)c1ccccc1. The van der Waals surface area contributed by atoms with E-state index in [9.17, 15) is 4.79 Å². The molecule has 21 heavy (non-hydrogen) atoms. The van der Waals surface area contributed by atoms with Gasteiger partial charge in [0.1, 0.15) is 6.04 Å². The Balaban J connectivity index is 1.49. The van der Waals surface area contributed by atoms with Crippen LogP contribution in [0.5, 0.6) is 0 Å². The Morgan fingerprint density at radius 1 is 1.05 bits per heavy atom. The van der Waals surface area contributed by atoms with E-state index in [-0.39, 0.29) is 11.4 Å². The van der Waals surface area contributed by atoms with Gasteiger partial charge in [-0.05, 0) is 61.8 Å². The molecule has 0 aliphatic heterocycles. The van der Waals surface area contributed by atoms with Gasteiger partial charge in [0.05, 0.1) is 0 Å². The van der Waals surface area contributed by atoms with Gasteiger partial charge in [0.25, 0.3) is 0 Å². The van der Waals surface area contributed by atoms with Crippen LogP contribution < -0.4 is 11.1 Å². The third-order valence-electron chi connectivity index (χ3n) is 5.87. The number of hydrogen-bond donors (Lipinski definition) is 2. The summed E-state index contributed by atoms with van der Waals surface area (Å²) < 4.78 is 0. The van der Waals surface area contributed by atoms with Crippen molar-refractivity contribution < 1.29 is 4.79 Å². The molecule has 3 N–H and O–H groups in total. The predicted octanol–water partition coefficient (Wildman–Crippen LogP) is 2.77. The Bertz CT molecular complexity index is 504. The first kappa shape index (κ1) is 13.3. The first-order valence-corrected chi connectivity index (χ1v) is 8.26. The van der Waals surface area contributed by atoms with Crippen molar-refractivity contribution in [2.45, 2.75) is 50.1 Å². The molecule has 1 aromatic carbocycles. The van der Waals surface area contributed by atoms with Gasteiger partial charge in [-0.3, -0.25) is 4.79 Å². The van der Waals surface area contributed by atoms with Crippen molar-refractivity contribution in [2.24, 2.45) is 23.5 Å². The molecule has 4 bridgehead atoms. The number of nitrogens with two attached hydrogens (primary N) is 1. The van der Waals surface area contributed by atoms with E-state index in [0.29, 0.717) is 0 Å².